The summed E-state index contributed by atoms with van der Waals surface area (Å²) in [4.78, 5) is 18.2. The molecule has 2 aromatic carbocycles. The number of rotatable bonds is 6. The van der Waals surface area contributed by atoms with E-state index in [9.17, 15) is 13.2 Å². The van der Waals surface area contributed by atoms with Gasteiger partial charge in [-0.2, -0.15) is 9.29 Å². The Morgan fingerprint density at radius 3 is 2.58 bits per heavy atom. The summed E-state index contributed by atoms with van der Waals surface area (Å²) in [5, 5.41) is 6.85. The number of benzene rings is 2. The van der Waals surface area contributed by atoms with Gasteiger partial charge in [0.2, 0.25) is 27.6 Å². The zero-order chi connectivity index (χ0) is 23.6. The Hall–Kier alpha value is -2.69. The highest BCUT2D eigenvalue weighted by molar-refractivity contribution is 7.98. The van der Waals surface area contributed by atoms with Gasteiger partial charge in [-0.1, -0.05) is 23.4 Å². The van der Waals surface area contributed by atoms with Crippen molar-refractivity contribution in [2.45, 2.75) is 36.5 Å². The van der Waals surface area contributed by atoms with Crippen LogP contribution in [0.5, 0.6) is 0 Å². The number of aryl methyl sites for hydroxylation is 2. The molecule has 0 unspecified atom stereocenters. The van der Waals surface area contributed by atoms with Crippen LogP contribution >= 0.6 is 11.8 Å². The Labute approximate surface area is 197 Å². The third kappa shape index (κ3) is 5.13. The predicted octanol–water partition coefficient (Wildman–Crippen LogP) is 4.11. The predicted molar refractivity (Wildman–Crippen MR) is 128 cm³/mol. The van der Waals surface area contributed by atoms with Crippen molar-refractivity contribution in [3.05, 3.63) is 53.9 Å². The minimum atomic E-state index is -3.72. The van der Waals surface area contributed by atoms with E-state index in [-0.39, 0.29) is 29.8 Å². The Balaban J connectivity index is 1.45. The molecule has 1 saturated heterocycles. The number of carbonyl (C=O) groups is 1. The lowest BCUT2D eigenvalue weighted by molar-refractivity contribution is -0.120. The molecule has 1 amide bonds. The van der Waals surface area contributed by atoms with Crippen LogP contribution in [0.1, 0.15) is 24.3 Å². The van der Waals surface area contributed by atoms with Gasteiger partial charge in [-0.3, -0.25) is 4.79 Å². The van der Waals surface area contributed by atoms with E-state index in [0.717, 1.165) is 10.6 Å². The van der Waals surface area contributed by atoms with Gasteiger partial charge in [-0.25, -0.2) is 8.42 Å². The summed E-state index contributed by atoms with van der Waals surface area (Å²) in [7, 11) is -3.72. The highest BCUT2D eigenvalue weighted by atomic mass is 32.2. The number of amides is 1. The Bertz CT molecular complexity index is 1260. The first kappa shape index (κ1) is 23.5. The molecule has 1 N–H and O–H groups in total. The molecule has 0 spiro atoms. The second-order valence-electron chi connectivity index (χ2n) is 8.02. The molecule has 1 fully saturated rings. The van der Waals surface area contributed by atoms with Gasteiger partial charge < -0.3 is 9.84 Å². The summed E-state index contributed by atoms with van der Waals surface area (Å²) in [5.41, 5.74) is 1.98. The van der Waals surface area contributed by atoms with E-state index in [4.69, 9.17) is 4.52 Å². The molecular weight excluding hydrogens is 460 g/mol. The van der Waals surface area contributed by atoms with Crippen LogP contribution in [0.15, 0.2) is 56.8 Å². The van der Waals surface area contributed by atoms with Gasteiger partial charge in [-0.05, 0) is 55.9 Å². The normalized spacial score (nSPS) is 15.5. The number of nitrogens with zero attached hydrogens (tertiary/aromatic N) is 3. The Morgan fingerprint density at radius 2 is 1.91 bits per heavy atom. The number of aromatic nitrogens is 2. The largest absolute Gasteiger partial charge is 0.339 e. The number of hydrogen-bond donors (Lipinski definition) is 1. The standard InChI is InChI=1S/C23H26N4O4S2/c1-15-7-8-18(22-24-16(2)31-26-22)13-21(15)33(29,30)27-11-9-17(10-12-27)23(28)25-19-5-4-6-20(14-19)32-3/h4-8,13-14,17H,9-12H2,1-3H3,(H,25,28). The molecule has 8 nitrogen and oxygen atoms in total. The number of hydrogen-bond acceptors (Lipinski definition) is 7. The number of piperidine rings is 1. The molecule has 0 saturated carbocycles. The van der Waals surface area contributed by atoms with Crippen molar-refractivity contribution in [2.75, 3.05) is 24.7 Å². The monoisotopic (exact) mass is 486 g/mol. The van der Waals surface area contributed by atoms with Crippen LogP contribution in [-0.4, -0.2) is 48.1 Å². The fourth-order valence-corrected chi connectivity index (χ4v) is 6.06. The van der Waals surface area contributed by atoms with E-state index in [1.165, 1.54) is 4.31 Å². The molecule has 3 aromatic rings. The van der Waals surface area contributed by atoms with Crippen molar-refractivity contribution >= 4 is 33.4 Å². The van der Waals surface area contributed by atoms with Gasteiger partial charge in [0.05, 0.1) is 4.90 Å². The lowest BCUT2D eigenvalue weighted by Gasteiger charge is -2.31. The van der Waals surface area contributed by atoms with E-state index in [1.54, 1.807) is 43.8 Å². The van der Waals surface area contributed by atoms with Crippen molar-refractivity contribution in [1.29, 1.82) is 0 Å². The molecule has 4 rings (SSSR count). The number of carbonyl (C=O) groups excluding carboxylic acids is 1. The van der Waals surface area contributed by atoms with E-state index in [1.807, 2.05) is 30.5 Å². The molecule has 0 aliphatic carbocycles. The first-order valence-corrected chi connectivity index (χ1v) is 13.3. The third-order valence-electron chi connectivity index (χ3n) is 5.75. The second-order valence-corrected chi connectivity index (χ2v) is 10.8. The van der Waals surface area contributed by atoms with Crippen molar-refractivity contribution in [1.82, 2.24) is 14.4 Å². The van der Waals surface area contributed by atoms with E-state index in [0.29, 0.717) is 35.7 Å². The van der Waals surface area contributed by atoms with Crippen molar-refractivity contribution in [2.24, 2.45) is 5.92 Å². The number of nitrogens with one attached hydrogen (secondary N) is 1. The Morgan fingerprint density at radius 1 is 1.15 bits per heavy atom. The smallest absolute Gasteiger partial charge is 0.243 e. The zero-order valence-electron chi connectivity index (χ0n) is 18.7. The minimum Gasteiger partial charge on any atom is -0.339 e. The molecule has 1 aromatic heterocycles. The SMILES string of the molecule is CSc1cccc(NC(=O)C2CCN(S(=O)(=O)c3cc(-c4noc(C)n4)ccc3C)CC2)c1. The van der Waals surface area contributed by atoms with Crippen LogP contribution in [0, 0.1) is 19.8 Å². The van der Waals surface area contributed by atoms with Crippen molar-refractivity contribution in [3.63, 3.8) is 0 Å². The second kappa shape index (κ2) is 9.66. The molecule has 2 heterocycles. The number of sulfonamides is 1. The number of anilines is 1. The summed E-state index contributed by atoms with van der Waals surface area (Å²) in [6.07, 6.45) is 2.92. The summed E-state index contributed by atoms with van der Waals surface area (Å²) in [6.45, 7) is 4.02. The Kier molecular flexibility index (Phi) is 6.87. The van der Waals surface area contributed by atoms with Crippen LogP contribution in [0.4, 0.5) is 5.69 Å². The van der Waals surface area contributed by atoms with Crippen LogP contribution in [0.2, 0.25) is 0 Å². The maximum Gasteiger partial charge on any atom is 0.243 e. The fraction of sp³-hybridized carbons (Fsp3) is 0.348. The molecule has 0 atom stereocenters. The first-order chi connectivity index (χ1) is 15.8. The van der Waals surface area contributed by atoms with E-state index < -0.39 is 10.0 Å². The fourth-order valence-electron chi connectivity index (χ4n) is 3.88. The summed E-state index contributed by atoms with van der Waals surface area (Å²) < 4.78 is 33.3. The molecular formula is C23H26N4O4S2. The summed E-state index contributed by atoms with van der Waals surface area (Å²) in [5.74, 6) is 0.459. The highest BCUT2D eigenvalue weighted by Gasteiger charge is 2.33. The van der Waals surface area contributed by atoms with Crippen LogP contribution in [-0.2, 0) is 14.8 Å². The molecule has 33 heavy (non-hydrogen) atoms. The molecule has 10 heteroatoms. The van der Waals surface area contributed by atoms with Crippen molar-refractivity contribution in [3.8, 4) is 11.4 Å². The topological polar surface area (TPSA) is 105 Å². The average Bonchev–Trinajstić information content (AvgIpc) is 3.25. The van der Waals surface area contributed by atoms with Crippen molar-refractivity contribution < 1.29 is 17.7 Å². The highest BCUT2D eigenvalue weighted by Crippen LogP contribution is 2.29. The minimum absolute atomic E-state index is 0.0732. The molecule has 174 valence electrons. The van der Waals surface area contributed by atoms with E-state index >= 15 is 0 Å². The van der Waals surface area contributed by atoms with Crippen LogP contribution in [0.25, 0.3) is 11.4 Å². The van der Waals surface area contributed by atoms with Crippen LogP contribution < -0.4 is 5.32 Å². The van der Waals surface area contributed by atoms with Gasteiger partial charge in [0.15, 0.2) is 0 Å². The molecule has 1 aliphatic rings. The van der Waals surface area contributed by atoms with Gasteiger partial charge in [0, 0.05) is 42.1 Å². The summed E-state index contributed by atoms with van der Waals surface area (Å²) in [6, 6.07) is 12.8. The number of thioether (sulfide) groups is 1. The van der Waals surface area contributed by atoms with Gasteiger partial charge in [0.25, 0.3) is 0 Å². The van der Waals surface area contributed by atoms with Gasteiger partial charge >= 0.3 is 0 Å². The maximum atomic E-state index is 13.4. The first-order valence-electron chi connectivity index (χ1n) is 10.6. The lowest BCUT2D eigenvalue weighted by atomic mass is 9.97. The van der Waals surface area contributed by atoms with Gasteiger partial charge in [0.1, 0.15) is 0 Å². The van der Waals surface area contributed by atoms with E-state index in [2.05, 4.69) is 15.5 Å². The summed E-state index contributed by atoms with van der Waals surface area (Å²) >= 11 is 1.61. The molecule has 0 bridgehead atoms. The molecule has 1 aliphatic heterocycles. The van der Waals surface area contributed by atoms with Gasteiger partial charge in [-0.15, -0.1) is 11.8 Å². The zero-order valence-corrected chi connectivity index (χ0v) is 20.4. The maximum absolute atomic E-state index is 13.4. The molecule has 0 radical (unpaired) electrons. The average molecular weight is 487 g/mol. The third-order valence-corrected chi connectivity index (χ3v) is 8.52. The van der Waals surface area contributed by atoms with Crippen LogP contribution in [0.3, 0.4) is 0 Å². The quantitative estimate of drug-likeness (QED) is 0.523. The lowest BCUT2D eigenvalue weighted by Crippen LogP contribution is -2.41.